The maximum atomic E-state index is 11.6. The van der Waals surface area contributed by atoms with Gasteiger partial charge in [0.05, 0.1) is 0 Å². The van der Waals surface area contributed by atoms with E-state index in [1.807, 2.05) is 0 Å². The summed E-state index contributed by atoms with van der Waals surface area (Å²) in [5.74, 6) is -0.0411. The summed E-state index contributed by atoms with van der Waals surface area (Å²) in [6, 6.07) is 0.976. The lowest BCUT2D eigenvalue weighted by molar-refractivity contribution is -0.124. The van der Waals surface area contributed by atoms with Crippen LogP contribution in [0.2, 0.25) is 78.1 Å². The zero-order valence-corrected chi connectivity index (χ0v) is 25.9. The van der Waals surface area contributed by atoms with Gasteiger partial charge in [0.1, 0.15) is 0 Å². The minimum absolute atomic E-state index is 0.0411. The molecule has 11 heteroatoms. The Labute approximate surface area is 185 Å². The van der Waals surface area contributed by atoms with E-state index in [4.69, 9.17) is 16.5 Å². The number of hydrogen-bond donors (Lipinski definition) is 0. The quantitative estimate of drug-likeness (QED) is 0.258. The zero-order valence-electron chi connectivity index (χ0n) is 20.9. The van der Waals surface area contributed by atoms with Crippen molar-refractivity contribution in [3.05, 3.63) is 12.7 Å². The van der Waals surface area contributed by atoms with E-state index in [2.05, 4.69) is 78.6 Å². The summed E-state index contributed by atoms with van der Waals surface area (Å²) in [5.41, 5.74) is 0. The molecule has 0 radical (unpaired) electrons. The van der Waals surface area contributed by atoms with E-state index in [0.29, 0.717) is 6.54 Å². The van der Waals surface area contributed by atoms with Gasteiger partial charge in [-0.25, -0.2) is 0 Å². The van der Waals surface area contributed by atoms with Crippen LogP contribution in [0.15, 0.2) is 12.7 Å². The van der Waals surface area contributed by atoms with Crippen molar-refractivity contribution in [3.8, 4) is 0 Å². The van der Waals surface area contributed by atoms with Crippen LogP contribution >= 0.6 is 0 Å². The first-order valence-electron chi connectivity index (χ1n) is 10.4. The summed E-state index contributed by atoms with van der Waals surface area (Å²) in [4.78, 5) is 13.3. The molecule has 0 aliphatic heterocycles. The number of hydrogen-bond acceptors (Lipinski definition) is 5. The molecule has 0 rings (SSSR count). The molecular formula is C18H45NO5Si5. The summed E-state index contributed by atoms with van der Waals surface area (Å²) in [7, 11) is -8.78. The molecule has 6 nitrogen and oxygen atoms in total. The van der Waals surface area contributed by atoms with Gasteiger partial charge in [-0.05, 0) is 90.6 Å². The fourth-order valence-corrected chi connectivity index (χ4v) is 27.4. The van der Waals surface area contributed by atoms with Gasteiger partial charge in [-0.3, -0.25) is 4.79 Å². The first kappa shape index (κ1) is 29.1. The highest BCUT2D eigenvalue weighted by Gasteiger charge is 2.45. The molecule has 0 unspecified atom stereocenters. The first-order valence-corrected chi connectivity index (χ1v) is 25.3. The van der Waals surface area contributed by atoms with E-state index in [9.17, 15) is 4.79 Å². The van der Waals surface area contributed by atoms with E-state index < -0.39 is 42.3 Å². The van der Waals surface area contributed by atoms with E-state index in [-0.39, 0.29) is 5.91 Å². The van der Waals surface area contributed by atoms with E-state index >= 15 is 0 Å². The zero-order chi connectivity index (χ0) is 23.3. The van der Waals surface area contributed by atoms with Crippen molar-refractivity contribution in [1.82, 2.24) is 4.90 Å². The summed E-state index contributed by atoms with van der Waals surface area (Å²) >= 11 is 0. The molecule has 0 saturated heterocycles. The van der Waals surface area contributed by atoms with Crippen LogP contribution < -0.4 is 0 Å². The van der Waals surface area contributed by atoms with Gasteiger partial charge in [0.15, 0.2) is 16.6 Å². The highest BCUT2D eigenvalue weighted by molar-refractivity contribution is 6.90. The van der Waals surface area contributed by atoms with Gasteiger partial charge in [0.25, 0.3) is 0 Å². The molecule has 1 amide bonds. The van der Waals surface area contributed by atoms with Gasteiger partial charge < -0.3 is 21.4 Å². The summed E-state index contributed by atoms with van der Waals surface area (Å²) in [6.45, 7) is 27.9. The maximum absolute atomic E-state index is 11.6. The Morgan fingerprint density at radius 3 is 1.62 bits per heavy atom. The third-order valence-corrected chi connectivity index (χ3v) is 21.9. The third kappa shape index (κ3) is 13.9. The molecular weight excluding hydrogens is 451 g/mol. The van der Waals surface area contributed by atoms with Crippen molar-refractivity contribution in [1.29, 1.82) is 0 Å². The van der Waals surface area contributed by atoms with Crippen molar-refractivity contribution in [2.75, 3.05) is 13.6 Å². The van der Waals surface area contributed by atoms with Crippen molar-refractivity contribution in [2.45, 2.75) is 84.5 Å². The molecule has 0 aliphatic rings. The van der Waals surface area contributed by atoms with Gasteiger partial charge >= 0.3 is 25.7 Å². The molecule has 0 aromatic heterocycles. The van der Waals surface area contributed by atoms with Crippen LogP contribution in [0.3, 0.4) is 0 Å². The van der Waals surface area contributed by atoms with E-state index in [1.54, 1.807) is 11.9 Å². The normalized spacial score (nSPS) is 14.1. The second-order valence-corrected chi connectivity index (χ2v) is 30.5. The minimum atomic E-state index is -2.39. The van der Waals surface area contributed by atoms with Gasteiger partial charge in [0.2, 0.25) is 5.91 Å². The first-order chi connectivity index (χ1) is 12.7. The van der Waals surface area contributed by atoms with Gasteiger partial charge in [0, 0.05) is 13.6 Å². The Hall–Kier alpha value is 0.134. The van der Waals surface area contributed by atoms with E-state index in [1.165, 1.54) is 6.08 Å². The second-order valence-electron chi connectivity index (χ2n) is 10.5. The van der Waals surface area contributed by atoms with Crippen molar-refractivity contribution in [2.24, 2.45) is 0 Å². The topological polar surface area (TPSA) is 57.2 Å². The molecule has 0 aromatic rings. The van der Waals surface area contributed by atoms with Gasteiger partial charge in [-0.2, -0.15) is 0 Å². The van der Waals surface area contributed by atoms with Gasteiger partial charge in [-0.15, -0.1) is 0 Å². The lowest BCUT2D eigenvalue weighted by Gasteiger charge is -2.42. The molecule has 0 fully saturated rings. The third-order valence-electron chi connectivity index (χ3n) is 3.88. The number of carbonyl (C=O) groups excluding carboxylic acids is 1. The summed E-state index contributed by atoms with van der Waals surface area (Å²) < 4.78 is 26.0. The lowest BCUT2D eigenvalue weighted by atomic mass is 10.4. The van der Waals surface area contributed by atoms with Crippen LogP contribution in [-0.4, -0.2) is 66.7 Å². The molecule has 172 valence electrons. The molecule has 0 atom stereocenters. The fraction of sp³-hybridized carbons (Fsp3) is 0.833. The predicted molar refractivity (Wildman–Crippen MR) is 135 cm³/mol. The molecule has 0 spiro atoms. The monoisotopic (exact) mass is 495 g/mol. The maximum Gasteiger partial charge on any atom is 0.314 e. The highest BCUT2D eigenvalue weighted by atomic mass is 28.5. The van der Waals surface area contributed by atoms with Crippen molar-refractivity contribution < 1.29 is 21.3 Å². The number of carbonyl (C=O) groups is 1. The van der Waals surface area contributed by atoms with E-state index in [0.717, 1.165) is 12.5 Å². The molecule has 0 aromatic carbocycles. The Bertz CT molecular complexity index is 561. The second kappa shape index (κ2) is 10.6. The van der Waals surface area contributed by atoms with Crippen LogP contribution in [0.25, 0.3) is 0 Å². The Morgan fingerprint density at radius 1 is 0.793 bits per heavy atom. The SMILES string of the molecule is C=CC(=O)N(C)CCC[Si](C)(C)O[Si](C)(C)O[Si](C)(C)O[Si](C)(C)O[Si](C)(C)C. The largest absolute Gasteiger partial charge is 0.437 e. The number of likely N-dealkylation sites (N-methyl/N-ethyl adjacent to an activating group) is 1. The van der Waals surface area contributed by atoms with Crippen molar-refractivity contribution >= 4 is 48.2 Å². The molecule has 0 N–H and O–H groups in total. The Kier molecular flexibility index (Phi) is 10.7. The molecule has 0 heterocycles. The van der Waals surface area contributed by atoms with Crippen LogP contribution in [0.1, 0.15) is 6.42 Å². The molecule has 0 bridgehead atoms. The number of amides is 1. The average Bonchev–Trinajstić information content (AvgIpc) is 2.38. The highest BCUT2D eigenvalue weighted by Crippen LogP contribution is 2.27. The predicted octanol–water partition coefficient (Wildman–Crippen LogP) is 5.23. The average molecular weight is 496 g/mol. The summed E-state index contributed by atoms with van der Waals surface area (Å²) in [5, 5.41) is 0. The standard InChI is InChI=1S/C18H45NO5Si5/c1-14-18(20)19(2)16-15-17-26(6,7)22-28(10,11)24-29(12,13)23-27(8,9)21-25(3,4)5/h14H,1,15-17H2,2-13H3. The lowest BCUT2D eigenvalue weighted by Crippen LogP contribution is -2.58. The summed E-state index contributed by atoms with van der Waals surface area (Å²) in [6.07, 6.45) is 2.27. The molecule has 29 heavy (non-hydrogen) atoms. The Morgan fingerprint density at radius 2 is 1.21 bits per heavy atom. The van der Waals surface area contributed by atoms with Crippen molar-refractivity contribution in [3.63, 3.8) is 0 Å². The minimum Gasteiger partial charge on any atom is -0.437 e. The van der Waals surface area contributed by atoms with Crippen LogP contribution in [0.4, 0.5) is 0 Å². The van der Waals surface area contributed by atoms with Crippen LogP contribution in [0.5, 0.6) is 0 Å². The fourth-order valence-electron chi connectivity index (χ4n) is 3.71. The van der Waals surface area contributed by atoms with Gasteiger partial charge in [-0.1, -0.05) is 6.58 Å². The molecule has 0 saturated carbocycles. The smallest absolute Gasteiger partial charge is 0.314 e. The number of nitrogens with zero attached hydrogens (tertiary/aromatic N) is 1. The Balaban J connectivity index is 4.85. The number of rotatable bonds is 13. The van der Waals surface area contributed by atoms with Crippen LogP contribution in [0, 0.1) is 0 Å². The van der Waals surface area contributed by atoms with Crippen LogP contribution in [-0.2, 0) is 21.3 Å². The molecule has 0 aliphatic carbocycles.